The third-order valence-corrected chi connectivity index (χ3v) is 4.31. The zero-order chi connectivity index (χ0) is 10.2. The predicted molar refractivity (Wildman–Crippen MR) is 60.6 cm³/mol. The van der Waals surface area contributed by atoms with Crippen molar-refractivity contribution < 1.29 is 8.95 Å². The van der Waals surface area contributed by atoms with Crippen LogP contribution >= 0.6 is 0 Å². The molecule has 2 unspecified atom stereocenters. The summed E-state index contributed by atoms with van der Waals surface area (Å²) in [5.41, 5.74) is 0. The predicted octanol–water partition coefficient (Wildman–Crippen LogP) is 2.62. The van der Waals surface area contributed by atoms with Crippen molar-refractivity contribution in [3.63, 3.8) is 0 Å². The van der Waals surface area contributed by atoms with Gasteiger partial charge in [-0.1, -0.05) is 25.3 Å². The maximum Gasteiger partial charge on any atom is 0.102 e. The van der Waals surface area contributed by atoms with Gasteiger partial charge in [0.15, 0.2) is 0 Å². The molecule has 0 amide bonds. The fourth-order valence-electron chi connectivity index (χ4n) is 1.69. The van der Waals surface area contributed by atoms with Crippen molar-refractivity contribution in [2.24, 2.45) is 0 Å². The molecule has 82 valence electrons. The molecule has 0 aromatic rings. The largest absolute Gasteiger partial charge is 0.500 e. The Morgan fingerprint density at radius 3 is 2.93 bits per heavy atom. The van der Waals surface area contributed by atoms with E-state index in [1.54, 1.807) is 6.26 Å². The van der Waals surface area contributed by atoms with Crippen molar-refractivity contribution >= 4 is 10.8 Å². The highest BCUT2D eigenvalue weighted by Crippen LogP contribution is 2.16. The standard InChI is InChI=1S/C11H20O2S/c1-2-8-13-10-11-7-5-3-4-6-9-14(11)12/h2,8,11H,3-7,9-10H2,1H3/b8-2+. The van der Waals surface area contributed by atoms with E-state index < -0.39 is 10.8 Å². The minimum atomic E-state index is -0.669. The van der Waals surface area contributed by atoms with Gasteiger partial charge in [-0.2, -0.15) is 0 Å². The van der Waals surface area contributed by atoms with E-state index in [0.717, 1.165) is 18.6 Å². The van der Waals surface area contributed by atoms with Crippen LogP contribution in [0, 0.1) is 0 Å². The monoisotopic (exact) mass is 216 g/mol. The second-order valence-corrected chi connectivity index (χ2v) is 5.55. The lowest BCUT2D eigenvalue weighted by Crippen LogP contribution is -2.24. The first-order chi connectivity index (χ1) is 6.84. The van der Waals surface area contributed by atoms with Gasteiger partial charge in [-0.05, 0) is 19.8 Å². The molecule has 0 bridgehead atoms. The molecule has 0 N–H and O–H groups in total. The number of ether oxygens (including phenoxy) is 1. The summed E-state index contributed by atoms with van der Waals surface area (Å²) in [5, 5.41) is 0.256. The van der Waals surface area contributed by atoms with Crippen molar-refractivity contribution in [1.82, 2.24) is 0 Å². The van der Waals surface area contributed by atoms with Crippen LogP contribution in [-0.2, 0) is 15.5 Å². The van der Waals surface area contributed by atoms with Gasteiger partial charge >= 0.3 is 0 Å². The molecule has 1 aliphatic rings. The van der Waals surface area contributed by atoms with Crippen LogP contribution in [-0.4, -0.2) is 21.8 Å². The quantitative estimate of drug-likeness (QED) is 0.678. The first-order valence-corrected chi connectivity index (χ1v) is 6.82. The summed E-state index contributed by atoms with van der Waals surface area (Å²) in [6, 6.07) is 0. The van der Waals surface area contributed by atoms with Gasteiger partial charge in [0.1, 0.15) is 6.61 Å². The first-order valence-electron chi connectivity index (χ1n) is 5.44. The zero-order valence-electron chi connectivity index (χ0n) is 8.91. The van der Waals surface area contributed by atoms with Crippen LogP contribution in [0.25, 0.3) is 0 Å². The number of rotatable bonds is 3. The SMILES string of the molecule is C/C=C/OCC1CCCCCCS1=O. The van der Waals surface area contributed by atoms with Crippen LogP contribution in [0.15, 0.2) is 12.3 Å². The first kappa shape index (κ1) is 11.8. The van der Waals surface area contributed by atoms with E-state index in [-0.39, 0.29) is 5.25 Å². The molecule has 14 heavy (non-hydrogen) atoms. The minimum Gasteiger partial charge on any atom is -0.500 e. The maximum atomic E-state index is 11.8. The second-order valence-electron chi connectivity index (χ2n) is 3.71. The van der Waals surface area contributed by atoms with Crippen molar-refractivity contribution in [2.45, 2.75) is 44.3 Å². The van der Waals surface area contributed by atoms with Crippen molar-refractivity contribution in [3.8, 4) is 0 Å². The summed E-state index contributed by atoms with van der Waals surface area (Å²) in [7, 11) is -0.669. The average Bonchev–Trinajstić information content (AvgIpc) is 2.17. The van der Waals surface area contributed by atoms with E-state index >= 15 is 0 Å². The maximum absolute atomic E-state index is 11.8. The Morgan fingerprint density at radius 1 is 1.36 bits per heavy atom. The Bertz CT molecular complexity index is 201. The van der Waals surface area contributed by atoms with Crippen LogP contribution in [0.5, 0.6) is 0 Å². The van der Waals surface area contributed by atoms with Crippen LogP contribution in [0.2, 0.25) is 0 Å². The summed E-state index contributed by atoms with van der Waals surface area (Å²) in [6.45, 7) is 2.55. The average molecular weight is 216 g/mol. The van der Waals surface area contributed by atoms with Gasteiger partial charge in [0.2, 0.25) is 0 Å². The van der Waals surface area contributed by atoms with E-state index in [4.69, 9.17) is 4.74 Å². The number of hydrogen-bond donors (Lipinski definition) is 0. The molecule has 0 aliphatic carbocycles. The van der Waals surface area contributed by atoms with E-state index in [0.29, 0.717) is 6.61 Å². The molecule has 0 aromatic heterocycles. The lowest BCUT2D eigenvalue weighted by Gasteiger charge is -2.18. The van der Waals surface area contributed by atoms with Crippen molar-refractivity contribution in [1.29, 1.82) is 0 Å². The second kappa shape index (κ2) is 7.04. The third-order valence-electron chi connectivity index (χ3n) is 2.51. The van der Waals surface area contributed by atoms with Gasteiger partial charge in [-0.15, -0.1) is 0 Å². The zero-order valence-corrected chi connectivity index (χ0v) is 9.72. The molecule has 1 heterocycles. The highest BCUT2D eigenvalue weighted by Gasteiger charge is 2.18. The lowest BCUT2D eigenvalue weighted by atomic mass is 10.1. The summed E-state index contributed by atoms with van der Waals surface area (Å²) in [6.07, 6.45) is 9.47. The van der Waals surface area contributed by atoms with Crippen LogP contribution in [0.1, 0.15) is 39.0 Å². The highest BCUT2D eigenvalue weighted by atomic mass is 32.2. The van der Waals surface area contributed by atoms with Crippen molar-refractivity contribution in [3.05, 3.63) is 12.3 Å². The molecular weight excluding hydrogens is 196 g/mol. The lowest BCUT2D eigenvalue weighted by molar-refractivity contribution is 0.242. The van der Waals surface area contributed by atoms with Gasteiger partial charge in [-0.3, -0.25) is 4.21 Å². The van der Waals surface area contributed by atoms with Gasteiger partial charge in [0.25, 0.3) is 0 Å². The van der Waals surface area contributed by atoms with E-state index in [2.05, 4.69) is 0 Å². The van der Waals surface area contributed by atoms with Gasteiger partial charge in [0.05, 0.1) is 11.5 Å². The van der Waals surface area contributed by atoms with Gasteiger partial charge < -0.3 is 4.74 Å². The smallest absolute Gasteiger partial charge is 0.102 e. The normalized spacial score (nSPS) is 29.8. The molecule has 1 fully saturated rings. The third kappa shape index (κ3) is 4.27. The molecule has 1 aliphatic heterocycles. The van der Waals surface area contributed by atoms with Crippen LogP contribution in [0.4, 0.5) is 0 Å². The minimum absolute atomic E-state index is 0.256. The molecule has 1 rings (SSSR count). The Morgan fingerprint density at radius 2 is 2.14 bits per heavy atom. The molecule has 0 saturated carbocycles. The topological polar surface area (TPSA) is 26.3 Å². The summed E-state index contributed by atoms with van der Waals surface area (Å²) >= 11 is 0. The van der Waals surface area contributed by atoms with E-state index in [1.165, 1.54) is 19.3 Å². The summed E-state index contributed by atoms with van der Waals surface area (Å²) in [5.74, 6) is 0.865. The number of hydrogen-bond acceptors (Lipinski definition) is 2. The molecule has 0 aromatic carbocycles. The molecule has 3 heteroatoms. The Hall–Kier alpha value is -0.310. The summed E-state index contributed by atoms with van der Waals surface area (Å²) < 4.78 is 17.1. The fourth-order valence-corrected chi connectivity index (χ4v) is 3.17. The van der Waals surface area contributed by atoms with E-state index in [1.807, 2.05) is 13.0 Å². The molecule has 1 saturated heterocycles. The fraction of sp³-hybridized carbons (Fsp3) is 0.818. The molecule has 2 atom stereocenters. The molecular formula is C11H20O2S. The van der Waals surface area contributed by atoms with Crippen molar-refractivity contribution in [2.75, 3.05) is 12.4 Å². The van der Waals surface area contributed by atoms with Gasteiger partial charge in [-0.25, -0.2) is 0 Å². The Labute approximate surface area is 89.2 Å². The molecule has 0 spiro atoms. The highest BCUT2D eigenvalue weighted by molar-refractivity contribution is 7.85. The Kier molecular flexibility index (Phi) is 5.92. The van der Waals surface area contributed by atoms with Gasteiger partial charge in [0, 0.05) is 16.6 Å². The van der Waals surface area contributed by atoms with Crippen LogP contribution in [0.3, 0.4) is 0 Å². The Balaban J connectivity index is 2.33. The molecule has 2 nitrogen and oxygen atoms in total. The molecule has 0 radical (unpaired) electrons. The van der Waals surface area contributed by atoms with Crippen LogP contribution < -0.4 is 0 Å². The summed E-state index contributed by atoms with van der Waals surface area (Å²) in [4.78, 5) is 0. The van der Waals surface area contributed by atoms with E-state index in [9.17, 15) is 4.21 Å². The number of allylic oxidation sites excluding steroid dienone is 1.